The maximum absolute atomic E-state index is 13.3. The molecule has 1 aromatic heterocycles. The molecule has 9 nitrogen and oxygen atoms in total. The summed E-state index contributed by atoms with van der Waals surface area (Å²) in [6.45, 7) is 0. The average molecular weight is 468 g/mol. The zero-order chi connectivity index (χ0) is 23.6. The molecule has 0 saturated carbocycles. The van der Waals surface area contributed by atoms with Gasteiger partial charge in [0.1, 0.15) is 17.3 Å². The van der Waals surface area contributed by atoms with Crippen molar-refractivity contribution in [2.45, 2.75) is 0 Å². The molecule has 0 atom stereocenters. The largest absolute Gasteiger partial charge is 0.506 e. The van der Waals surface area contributed by atoms with Gasteiger partial charge in [-0.15, -0.1) is 0 Å². The molecule has 1 heterocycles. The lowest BCUT2D eigenvalue weighted by Gasteiger charge is -2.22. The van der Waals surface area contributed by atoms with E-state index in [1.165, 1.54) is 12.1 Å². The number of carbonyl (C=O) groups is 1. The Kier molecular flexibility index (Phi) is 5.82. The van der Waals surface area contributed by atoms with E-state index in [1.807, 2.05) is 0 Å². The summed E-state index contributed by atoms with van der Waals surface area (Å²) in [7, 11) is -4.90. The number of hydrogen-bond acceptors (Lipinski definition) is 5. The minimum atomic E-state index is -4.90. The van der Waals surface area contributed by atoms with Gasteiger partial charge >= 0.3 is 10.3 Å². The maximum Gasteiger partial charge on any atom is 0.364 e. The number of imidazole rings is 1. The number of amides is 1. The van der Waals surface area contributed by atoms with Crippen molar-refractivity contribution in [2.75, 3.05) is 9.62 Å². The Bertz CT molecular complexity index is 1390. The lowest BCUT2D eigenvalue weighted by Crippen LogP contribution is -2.25. The molecule has 4 aromatic rings. The van der Waals surface area contributed by atoms with Gasteiger partial charge in [-0.3, -0.25) is 9.35 Å². The topological polar surface area (TPSA) is 125 Å². The molecule has 3 N–H and O–H groups in total. The van der Waals surface area contributed by atoms with Crippen molar-refractivity contribution in [3.63, 3.8) is 0 Å². The Balaban J connectivity index is 1.62. The minimum Gasteiger partial charge on any atom is -0.506 e. The summed E-state index contributed by atoms with van der Waals surface area (Å²) in [6, 6.07) is 14.6. The second-order valence-corrected chi connectivity index (χ2v) is 8.15. The maximum atomic E-state index is 13.3. The molecule has 11 heteroatoms. The molecule has 0 unspecified atom stereocenters. The number of phenolic OH excluding ortho intramolecular Hbond substituents is 1. The van der Waals surface area contributed by atoms with E-state index in [0.717, 1.165) is 36.0 Å². The Hall–Kier alpha value is -4.22. The molecule has 0 radical (unpaired) electrons. The van der Waals surface area contributed by atoms with Gasteiger partial charge < -0.3 is 15.0 Å². The average Bonchev–Trinajstić information content (AvgIpc) is 3.32. The standard InChI is InChI=1S/C22H17FN4O5S/c23-16-3-8-19(9-4-16)27(33(30,31)32)20-13-17(5-10-21(20)28)25-22(29)15-1-6-18(7-2-15)26-12-11-24-14-26/h1-14,28H,(H,25,29)(H,30,31,32). The van der Waals surface area contributed by atoms with Crippen molar-refractivity contribution in [2.24, 2.45) is 0 Å². The third kappa shape index (κ3) is 4.84. The van der Waals surface area contributed by atoms with E-state index in [9.17, 15) is 27.3 Å². The van der Waals surface area contributed by atoms with Crippen LogP contribution >= 0.6 is 0 Å². The number of rotatable bonds is 6. The predicted molar refractivity (Wildman–Crippen MR) is 120 cm³/mol. The van der Waals surface area contributed by atoms with Gasteiger partial charge in [-0.05, 0) is 66.7 Å². The van der Waals surface area contributed by atoms with E-state index in [4.69, 9.17) is 0 Å². The fourth-order valence-electron chi connectivity index (χ4n) is 3.14. The molecule has 0 aliphatic carbocycles. The zero-order valence-electron chi connectivity index (χ0n) is 16.8. The quantitative estimate of drug-likeness (QED) is 0.291. The highest BCUT2D eigenvalue weighted by atomic mass is 32.2. The van der Waals surface area contributed by atoms with Crippen molar-refractivity contribution < 1.29 is 27.3 Å². The molecule has 0 aliphatic heterocycles. The zero-order valence-corrected chi connectivity index (χ0v) is 17.6. The molecule has 0 bridgehead atoms. The lowest BCUT2D eigenvalue weighted by molar-refractivity contribution is 0.102. The van der Waals surface area contributed by atoms with Gasteiger partial charge in [0, 0.05) is 29.3 Å². The van der Waals surface area contributed by atoms with Crippen LogP contribution in [0.4, 0.5) is 21.5 Å². The highest BCUT2D eigenvalue weighted by Gasteiger charge is 2.25. The first-order valence-corrected chi connectivity index (χ1v) is 10.9. The van der Waals surface area contributed by atoms with Crippen molar-refractivity contribution in [3.8, 4) is 11.4 Å². The number of nitrogens with zero attached hydrogens (tertiary/aromatic N) is 3. The third-order valence-corrected chi connectivity index (χ3v) is 5.54. The first kappa shape index (κ1) is 22.0. The van der Waals surface area contributed by atoms with Crippen molar-refractivity contribution >= 4 is 33.3 Å². The normalized spacial score (nSPS) is 11.2. The highest BCUT2D eigenvalue weighted by Crippen LogP contribution is 2.37. The van der Waals surface area contributed by atoms with E-state index in [0.29, 0.717) is 9.87 Å². The number of anilines is 3. The summed E-state index contributed by atoms with van der Waals surface area (Å²) in [5, 5.41) is 12.9. The third-order valence-electron chi connectivity index (χ3n) is 4.68. The number of aromatic hydroxyl groups is 1. The molecule has 4 rings (SSSR count). The van der Waals surface area contributed by atoms with Crippen molar-refractivity contribution in [3.05, 3.63) is 96.8 Å². The van der Waals surface area contributed by atoms with Crippen LogP contribution in [-0.2, 0) is 10.3 Å². The van der Waals surface area contributed by atoms with E-state index >= 15 is 0 Å². The smallest absolute Gasteiger partial charge is 0.364 e. The molecule has 0 fully saturated rings. The molecule has 3 aromatic carbocycles. The molecule has 1 amide bonds. The first-order chi connectivity index (χ1) is 15.7. The summed E-state index contributed by atoms with van der Waals surface area (Å²) in [5.41, 5.74) is 0.838. The van der Waals surface area contributed by atoms with Gasteiger partial charge in [-0.2, -0.15) is 8.42 Å². The van der Waals surface area contributed by atoms with Crippen LogP contribution in [0.2, 0.25) is 0 Å². The van der Waals surface area contributed by atoms with Crippen molar-refractivity contribution in [1.82, 2.24) is 9.55 Å². The van der Waals surface area contributed by atoms with Gasteiger partial charge in [0.15, 0.2) is 0 Å². The van der Waals surface area contributed by atoms with Crippen LogP contribution < -0.4 is 9.62 Å². The Morgan fingerprint density at radius 3 is 2.33 bits per heavy atom. The second-order valence-electron chi connectivity index (χ2n) is 6.89. The number of phenols is 1. The summed E-state index contributed by atoms with van der Waals surface area (Å²) in [6.07, 6.45) is 5.01. The SMILES string of the molecule is O=C(Nc1ccc(O)c(N(c2ccc(F)cc2)S(=O)(=O)O)c1)c1ccc(-n2ccnc2)cc1. The number of nitrogens with one attached hydrogen (secondary N) is 1. The fraction of sp³-hybridized carbons (Fsp3) is 0. The molecular weight excluding hydrogens is 451 g/mol. The fourth-order valence-corrected chi connectivity index (χ4v) is 3.92. The number of hydrogen-bond donors (Lipinski definition) is 3. The summed E-state index contributed by atoms with van der Waals surface area (Å²) in [5.74, 6) is -1.58. The Morgan fingerprint density at radius 2 is 1.73 bits per heavy atom. The van der Waals surface area contributed by atoms with Gasteiger partial charge in [0.25, 0.3) is 5.91 Å². The number of carbonyl (C=O) groups excluding carboxylic acids is 1. The van der Waals surface area contributed by atoms with Crippen molar-refractivity contribution in [1.29, 1.82) is 0 Å². The van der Waals surface area contributed by atoms with Gasteiger partial charge in [0.05, 0.1) is 12.0 Å². The number of aromatic nitrogens is 2. The van der Waals surface area contributed by atoms with Crippen LogP contribution in [0, 0.1) is 5.82 Å². The van der Waals surface area contributed by atoms with Gasteiger partial charge in [-0.25, -0.2) is 13.7 Å². The van der Waals surface area contributed by atoms with E-state index in [2.05, 4.69) is 10.3 Å². The molecule has 0 saturated heterocycles. The molecule has 0 spiro atoms. The van der Waals surface area contributed by atoms with Crippen LogP contribution in [0.1, 0.15) is 10.4 Å². The molecular formula is C22H17FN4O5S. The van der Waals surface area contributed by atoms with Crippen LogP contribution in [-0.4, -0.2) is 33.5 Å². The Labute approximate surface area is 188 Å². The number of benzene rings is 3. The lowest BCUT2D eigenvalue weighted by atomic mass is 10.1. The van der Waals surface area contributed by atoms with E-state index in [-0.39, 0.29) is 17.1 Å². The summed E-state index contributed by atoms with van der Waals surface area (Å²) < 4.78 is 49.3. The van der Waals surface area contributed by atoms with Gasteiger partial charge in [-0.1, -0.05) is 0 Å². The summed E-state index contributed by atoms with van der Waals surface area (Å²) in [4.78, 5) is 16.6. The highest BCUT2D eigenvalue weighted by molar-refractivity contribution is 7.87. The molecule has 0 aliphatic rings. The molecule has 168 valence electrons. The van der Waals surface area contributed by atoms with E-state index < -0.39 is 27.8 Å². The van der Waals surface area contributed by atoms with Crippen LogP contribution in [0.25, 0.3) is 5.69 Å². The van der Waals surface area contributed by atoms with Crippen LogP contribution in [0.15, 0.2) is 85.5 Å². The predicted octanol–water partition coefficient (Wildman–Crippen LogP) is 3.91. The number of halogens is 1. The van der Waals surface area contributed by atoms with Gasteiger partial charge in [0.2, 0.25) is 0 Å². The minimum absolute atomic E-state index is 0.118. The molecule has 33 heavy (non-hydrogen) atoms. The Morgan fingerprint density at radius 1 is 1.03 bits per heavy atom. The first-order valence-electron chi connectivity index (χ1n) is 9.48. The van der Waals surface area contributed by atoms with E-state index in [1.54, 1.807) is 47.6 Å². The second kappa shape index (κ2) is 8.73. The van der Waals surface area contributed by atoms with Crippen LogP contribution in [0.3, 0.4) is 0 Å². The summed E-state index contributed by atoms with van der Waals surface area (Å²) >= 11 is 0. The van der Waals surface area contributed by atoms with Crippen LogP contribution in [0.5, 0.6) is 5.75 Å². The monoisotopic (exact) mass is 468 g/mol.